The predicted octanol–water partition coefficient (Wildman–Crippen LogP) is 0.281. The minimum Gasteiger partial charge on any atom is -0.398 e. The molecule has 4 heteroatoms. The number of nitrogen functional groups attached to an aromatic ring is 1. The summed E-state index contributed by atoms with van der Waals surface area (Å²) < 4.78 is 0. The zero-order chi connectivity index (χ0) is 11.1. The topological polar surface area (TPSA) is 86.7 Å². The Morgan fingerprint density at radius 3 is 2.00 bits per heavy atom. The molecule has 0 aliphatic heterocycles. The van der Waals surface area contributed by atoms with Crippen molar-refractivity contribution < 1.29 is 15.3 Å². The number of aryl methyl sites for hydroxylation is 1. The fourth-order valence-electron chi connectivity index (χ4n) is 1.45. The summed E-state index contributed by atoms with van der Waals surface area (Å²) in [6.07, 6.45) is 0. The van der Waals surface area contributed by atoms with Crippen LogP contribution in [0.1, 0.15) is 22.3 Å². The van der Waals surface area contributed by atoms with Gasteiger partial charge in [0.15, 0.2) is 0 Å². The Morgan fingerprint density at radius 1 is 1.07 bits per heavy atom. The fraction of sp³-hybridized carbons (Fsp3) is 0.400. The first-order chi connectivity index (χ1) is 6.25. The summed E-state index contributed by atoms with van der Waals surface area (Å²) in [5.74, 6) is -2.80. The van der Waals surface area contributed by atoms with E-state index in [0.717, 1.165) is 5.56 Å². The van der Waals surface area contributed by atoms with Crippen LogP contribution in [0.15, 0.2) is 6.07 Å². The van der Waals surface area contributed by atoms with E-state index in [0.29, 0.717) is 16.8 Å². The van der Waals surface area contributed by atoms with Gasteiger partial charge in [-0.15, -0.1) is 0 Å². The molecule has 0 amide bonds. The first-order valence-corrected chi connectivity index (χ1v) is 4.29. The molecule has 0 spiro atoms. The number of hydrogen-bond donors (Lipinski definition) is 4. The van der Waals surface area contributed by atoms with Crippen molar-refractivity contribution in [3.63, 3.8) is 0 Å². The predicted molar refractivity (Wildman–Crippen MR) is 53.4 cm³/mol. The number of anilines is 1. The number of rotatable bonds is 1. The summed E-state index contributed by atoms with van der Waals surface area (Å²) >= 11 is 0. The molecule has 1 aromatic carbocycles. The van der Waals surface area contributed by atoms with E-state index in [4.69, 9.17) is 21.1 Å². The summed E-state index contributed by atoms with van der Waals surface area (Å²) in [7, 11) is 0. The van der Waals surface area contributed by atoms with Crippen LogP contribution in [0.25, 0.3) is 0 Å². The highest BCUT2D eigenvalue weighted by Gasteiger charge is 2.25. The van der Waals surface area contributed by atoms with E-state index in [9.17, 15) is 0 Å². The Hall–Kier alpha value is -1.10. The number of hydrogen-bond acceptors (Lipinski definition) is 4. The van der Waals surface area contributed by atoms with Crippen LogP contribution in [-0.4, -0.2) is 15.3 Å². The van der Waals surface area contributed by atoms with Crippen LogP contribution in [0.2, 0.25) is 0 Å². The summed E-state index contributed by atoms with van der Waals surface area (Å²) in [5, 5.41) is 27.2. The highest BCUT2D eigenvalue weighted by Crippen LogP contribution is 2.28. The van der Waals surface area contributed by atoms with Crippen LogP contribution in [0.4, 0.5) is 5.69 Å². The van der Waals surface area contributed by atoms with E-state index in [1.807, 2.05) is 0 Å². The van der Waals surface area contributed by atoms with Crippen molar-refractivity contribution in [3.05, 3.63) is 28.3 Å². The van der Waals surface area contributed by atoms with Crippen LogP contribution in [0.5, 0.6) is 0 Å². The molecule has 0 aliphatic rings. The molecule has 0 unspecified atom stereocenters. The van der Waals surface area contributed by atoms with Crippen LogP contribution < -0.4 is 5.73 Å². The molecule has 0 atom stereocenters. The van der Waals surface area contributed by atoms with Crippen molar-refractivity contribution in [2.24, 2.45) is 0 Å². The smallest absolute Gasteiger partial charge is 0.304 e. The third kappa shape index (κ3) is 1.72. The summed E-state index contributed by atoms with van der Waals surface area (Å²) in [4.78, 5) is 0. The molecular weight excluding hydrogens is 182 g/mol. The summed E-state index contributed by atoms with van der Waals surface area (Å²) in [6.45, 7) is 5.20. The maximum atomic E-state index is 9.08. The van der Waals surface area contributed by atoms with Crippen molar-refractivity contribution in [1.29, 1.82) is 0 Å². The van der Waals surface area contributed by atoms with Gasteiger partial charge < -0.3 is 21.1 Å². The van der Waals surface area contributed by atoms with Gasteiger partial charge in [0.2, 0.25) is 0 Å². The Bertz CT molecular complexity index is 367. The molecule has 0 saturated heterocycles. The van der Waals surface area contributed by atoms with E-state index in [-0.39, 0.29) is 5.56 Å². The van der Waals surface area contributed by atoms with E-state index in [2.05, 4.69) is 0 Å². The minimum absolute atomic E-state index is 0.0710. The molecule has 14 heavy (non-hydrogen) atoms. The van der Waals surface area contributed by atoms with Gasteiger partial charge in [0.05, 0.1) is 0 Å². The quantitative estimate of drug-likeness (QED) is 0.385. The molecule has 0 aromatic heterocycles. The number of benzene rings is 1. The molecule has 1 aromatic rings. The van der Waals surface area contributed by atoms with E-state index in [1.165, 1.54) is 6.07 Å². The fourth-order valence-corrected chi connectivity index (χ4v) is 1.45. The molecule has 78 valence electrons. The first-order valence-electron chi connectivity index (χ1n) is 4.29. The van der Waals surface area contributed by atoms with Crippen LogP contribution in [0, 0.1) is 20.8 Å². The molecule has 0 radical (unpaired) electrons. The van der Waals surface area contributed by atoms with Gasteiger partial charge in [0, 0.05) is 11.3 Å². The lowest BCUT2D eigenvalue weighted by atomic mass is 9.96. The molecule has 4 nitrogen and oxygen atoms in total. The highest BCUT2D eigenvalue weighted by molar-refractivity contribution is 5.58. The van der Waals surface area contributed by atoms with Gasteiger partial charge in [0.1, 0.15) is 0 Å². The van der Waals surface area contributed by atoms with Crippen LogP contribution in [0.3, 0.4) is 0 Å². The van der Waals surface area contributed by atoms with Crippen LogP contribution in [-0.2, 0) is 5.97 Å². The van der Waals surface area contributed by atoms with Gasteiger partial charge in [-0.05, 0) is 43.5 Å². The van der Waals surface area contributed by atoms with Gasteiger partial charge in [-0.2, -0.15) is 0 Å². The van der Waals surface area contributed by atoms with Crippen molar-refractivity contribution in [2.75, 3.05) is 5.73 Å². The van der Waals surface area contributed by atoms with E-state index >= 15 is 0 Å². The van der Waals surface area contributed by atoms with Gasteiger partial charge >= 0.3 is 5.97 Å². The average Bonchev–Trinajstić information content (AvgIpc) is 2.06. The largest absolute Gasteiger partial charge is 0.398 e. The van der Waals surface area contributed by atoms with E-state index < -0.39 is 5.97 Å². The second-order valence-electron chi connectivity index (χ2n) is 3.54. The number of aliphatic hydroxyl groups is 3. The van der Waals surface area contributed by atoms with E-state index in [1.54, 1.807) is 20.8 Å². The maximum absolute atomic E-state index is 9.08. The standard InChI is InChI=1S/C10H15NO3/c1-5-4-8(10(12,13)14)6(2)7(3)9(5)11/h4,12-14H,11H2,1-3H3. The van der Waals surface area contributed by atoms with Gasteiger partial charge in [-0.25, -0.2) is 0 Å². The van der Waals surface area contributed by atoms with Crippen molar-refractivity contribution >= 4 is 5.69 Å². The maximum Gasteiger partial charge on any atom is 0.304 e. The molecule has 0 fully saturated rings. The lowest BCUT2D eigenvalue weighted by Crippen LogP contribution is -2.25. The molecule has 5 N–H and O–H groups in total. The normalized spacial score (nSPS) is 11.9. The lowest BCUT2D eigenvalue weighted by Gasteiger charge is -2.20. The van der Waals surface area contributed by atoms with Gasteiger partial charge in [-0.3, -0.25) is 0 Å². The molecular formula is C10H15NO3. The number of nitrogens with two attached hydrogens (primary N) is 1. The molecule has 1 rings (SSSR count). The zero-order valence-electron chi connectivity index (χ0n) is 8.50. The van der Waals surface area contributed by atoms with Crippen molar-refractivity contribution in [1.82, 2.24) is 0 Å². The second-order valence-corrected chi connectivity index (χ2v) is 3.54. The monoisotopic (exact) mass is 197 g/mol. The summed E-state index contributed by atoms with van der Waals surface area (Å²) in [6, 6.07) is 1.47. The summed E-state index contributed by atoms with van der Waals surface area (Å²) in [5.41, 5.74) is 8.48. The molecule has 0 aliphatic carbocycles. The van der Waals surface area contributed by atoms with Crippen LogP contribution >= 0.6 is 0 Å². The molecule has 0 heterocycles. The first kappa shape index (κ1) is 11.0. The average molecular weight is 197 g/mol. The molecule has 0 bridgehead atoms. The van der Waals surface area contributed by atoms with Crippen molar-refractivity contribution in [3.8, 4) is 0 Å². The third-order valence-corrected chi connectivity index (χ3v) is 2.52. The Kier molecular flexibility index (Phi) is 2.54. The second kappa shape index (κ2) is 3.24. The zero-order valence-corrected chi connectivity index (χ0v) is 8.50. The van der Waals surface area contributed by atoms with Gasteiger partial charge in [0.25, 0.3) is 0 Å². The van der Waals surface area contributed by atoms with Gasteiger partial charge in [-0.1, -0.05) is 0 Å². The Labute approximate surface area is 82.6 Å². The van der Waals surface area contributed by atoms with Crippen molar-refractivity contribution in [2.45, 2.75) is 26.7 Å². The highest BCUT2D eigenvalue weighted by atomic mass is 16.7. The Balaban J connectivity index is 3.49. The molecule has 0 saturated carbocycles. The SMILES string of the molecule is Cc1cc(C(O)(O)O)c(C)c(C)c1N. The lowest BCUT2D eigenvalue weighted by molar-refractivity contribution is -0.324. The third-order valence-electron chi connectivity index (χ3n) is 2.52. The Morgan fingerprint density at radius 2 is 1.57 bits per heavy atom. The minimum atomic E-state index is -2.80.